The zero-order valence-corrected chi connectivity index (χ0v) is 14.4. The molecule has 1 N–H and O–H groups in total. The van der Waals surface area contributed by atoms with Crippen molar-refractivity contribution in [2.24, 2.45) is 0 Å². The normalized spacial score (nSPS) is 16.0. The summed E-state index contributed by atoms with van der Waals surface area (Å²) < 4.78 is 2.82. The summed E-state index contributed by atoms with van der Waals surface area (Å²) in [6.07, 6.45) is 7.51. The summed E-state index contributed by atoms with van der Waals surface area (Å²) >= 11 is 3.26. The molecule has 3 rings (SSSR count). The molecule has 0 atom stereocenters. The lowest BCUT2D eigenvalue weighted by Gasteiger charge is -2.21. The number of tetrazole rings is 1. The second-order valence-electron chi connectivity index (χ2n) is 5.46. The zero-order chi connectivity index (χ0) is 15.2. The fourth-order valence-corrected chi connectivity index (χ4v) is 4.35. The van der Waals surface area contributed by atoms with Gasteiger partial charge in [-0.3, -0.25) is 0 Å². The van der Waals surface area contributed by atoms with E-state index in [2.05, 4.69) is 38.0 Å². The van der Waals surface area contributed by atoms with Gasteiger partial charge in [0, 0.05) is 12.6 Å². The highest BCUT2D eigenvalue weighted by atomic mass is 32.2. The molecule has 0 aliphatic heterocycles. The quantitative estimate of drug-likeness (QED) is 0.777. The Balaban J connectivity index is 1.51. The Labute approximate surface area is 138 Å². The average molecular weight is 339 g/mol. The molecule has 1 aliphatic carbocycles. The van der Waals surface area contributed by atoms with Crippen molar-refractivity contribution in [2.75, 3.05) is 5.32 Å². The molecule has 1 aliphatic rings. The van der Waals surface area contributed by atoms with Crippen LogP contribution in [0.2, 0.25) is 0 Å². The summed E-state index contributed by atoms with van der Waals surface area (Å²) in [4.78, 5) is 0. The molecule has 2 aromatic heterocycles. The number of thioether (sulfide) groups is 1. The van der Waals surface area contributed by atoms with Crippen molar-refractivity contribution in [3.8, 4) is 0 Å². The molecular formula is C13H21N7S2. The first kappa shape index (κ1) is 15.7. The number of aromatic nitrogens is 6. The van der Waals surface area contributed by atoms with Gasteiger partial charge >= 0.3 is 0 Å². The summed E-state index contributed by atoms with van der Waals surface area (Å²) in [6.45, 7) is 2.97. The molecule has 0 amide bonds. The van der Waals surface area contributed by atoms with Gasteiger partial charge in [0.2, 0.25) is 5.13 Å². The smallest absolute Gasteiger partial charge is 0.206 e. The van der Waals surface area contributed by atoms with E-state index in [0.29, 0.717) is 6.04 Å². The van der Waals surface area contributed by atoms with Crippen LogP contribution < -0.4 is 5.32 Å². The van der Waals surface area contributed by atoms with Crippen molar-refractivity contribution in [2.45, 2.75) is 68.1 Å². The Morgan fingerprint density at radius 3 is 2.91 bits per heavy atom. The Morgan fingerprint density at radius 1 is 1.23 bits per heavy atom. The molecule has 9 heteroatoms. The van der Waals surface area contributed by atoms with Crippen molar-refractivity contribution in [3.05, 3.63) is 5.82 Å². The predicted octanol–water partition coefficient (Wildman–Crippen LogP) is 2.97. The average Bonchev–Trinajstić information content (AvgIpc) is 3.16. The number of rotatable bonds is 7. The molecule has 1 fully saturated rings. The minimum absolute atomic E-state index is 0.566. The standard InChI is InChI=1S/C13H21N7S2/c1-2-8-20-11(15-18-19-20)9-21-13-17-16-12(22-13)14-10-6-4-3-5-7-10/h10H,2-9H2,1H3,(H,14,16). The van der Waals surface area contributed by atoms with Gasteiger partial charge in [0.05, 0.1) is 5.75 Å². The van der Waals surface area contributed by atoms with Gasteiger partial charge < -0.3 is 5.32 Å². The van der Waals surface area contributed by atoms with Gasteiger partial charge in [0.15, 0.2) is 10.2 Å². The van der Waals surface area contributed by atoms with Gasteiger partial charge in [-0.15, -0.1) is 15.3 Å². The van der Waals surface area contributed by atoms with Crippen molar-refractivity contribution in [3.63, 3.8) is 0 Å². The van der Waals surface area contributed by atoms with Gasteiger partial charge in [-0.05, 0) is 29.7 Å². The largest absolute Gasteiger partial charge is 0.357 e. The minimum Gasteiger partial charge on any atom is -0.357 e. The zero-order valence-electron chi connectivity index (χ0n) is 12.7. The summed E-state index contributed by atoms with van der Waals surface area (Å²) in [5.74, 6) is 1.62. The van der Waals surface area contributed by atoms with E-state index in [1.165, 1.54) is 32.1 Å². The van der Waals surface area contributed by atoms with Gasteiger partial charge in [0.25, 0.3) is 0 Å². The molecule has 2 aromatic rings. The number of hydrogen-bond acceptors (Lipinski definition) is 8. The summed E-state index contributed by atoms with van der Waals surface area (Å²) in [5.41, 5.74) is 0. The van der Waals surface area contributed by atoms with E-state index in [1.807, 2.05) is 4.68 Å². The molecule has 0 saturated heterocycles. The van der Waals surface area contributed by atoms with Crippen LogP contribution in [0.1, 0.15) is 51.3 Å². The Kier molecular flexibility index (Phi) is 5.60. The molecule has 1 saturated carbocycles. The van der Waals surface area contributed by atoms with E-state index in [-0.39, 0.29) is 0 Å². The van der Waals surface area contributed by atoms with Crippen LogP contribution in [0.4, 0.5) is 5.13 Å². The van der Waals surface area contributed by atoms with Crippen molar-refractivity contribution >= 4 is 28.2 Å². The first-order valence-corrected chi connectivity index (χ1v) is 9.63. The van der Waals surface area contributed by atoms with Gasteiger partial charge in [0.1, 0.15) is 0 Å². The highest BCUT2D eigenvalue weighted by molar-refractivity contribution is 8.00. The molecule has 7 nitrogen and oxygen atoms in total. The fraction of sp³-hybridized carbons (Fsp3) is 0.769. The van der Waals surface area contributed by atoms with Gasteiger partial charge in [-0.25, -0.2) is 4.68 Å². The number of hydrogen-bond donors (Lipinski definition) is 1. The highest BCUT2D eigenvalue weighted by Crippen LogP contribution is 2.29. The van der Waals surface area contributed by atoms with Crippen LogP contribution in [0, 0.1) is 0 Å². The maximum atomic E-state index is 4.25. The second kappa shape index (κ2) is 7.87. The molecular weight excluding hydrogens is 318 g/mol. The van der Waals surface area contributed by atoms with Gasteiger partial charge in [-0.2, -0.15) is 0 Å². The lowest BCUT2D eigenvalue weighted by molar-refractivity contribution is 0.462. The third kappa shape index (κ3) is 4.16. The molecule has 2 heterocycles. The third-order valence-electron chi connectivity index (χ3n) is 3.71. The maximum Gasteiger partial charge on any atom is 0.206 e. The Hall–Kier alpha value is -1.22. The molecule has 0 aromatic carbocycles. The molecule has 0 bridgehead atoms. The molecule has 22 heavy (non-hydrogen) atoms. The topological polar surface area (TPSA) is 81.4 Å². The fourth-order valence-electron chi connectivity index (χ4n) is 2.59. The maximum absolute atomic E-state index is 4.25. The summed E-state index contributed by atoms with van der Waals surface area (Å²) in [5, 5.41) is 24.8. The highest BCUT2D eigenvalue weighted by Gasteiger charge is 2.15. The van der Waals surface area contributed by atoms with Crippen LogP contribution in [-0.4, -0.2) is 36.4 Å². The van der Waals surface area contributed by atoms with Crippen LogP contribution in [0.25, 0.3) is 0 Å². The Morgan fingerprint density at radius 2 is 2.09 bits per heavy atom. The van der Waals surface area contributed by atoms with E-state index in [9.17, 15) is 0 Å². The van der Waals surface area contributed by atoms with Crippen molar-refractivity contribution < 1.29 is 0 Å². The van der Waals surface area contributed by atoms with Crippen LogP contribution in [0.3, 0.4) is 0 Å². The second-order valence-corrected chi connectivity index (χ2v) is 7.66. The predicted molar refractivity (Wildman–Crippen MR) is 88.1 cm³/mol. The van der Waals surface area contributed by atoms with E-state index < -0.39 is 0 Å². The summed E-state index contributed by atoms with van der Waals surface area (Å²) in [6, 6.07) is 0.566. The van der Waals surface area contributed by atoms with E-state index >= 15 is 0 Å². The first-order chi connectivity index (χ1) is 10.8. The van der Waals surface area contributed by atoms with Crippen LogP contribution in [0.5, 0.6) is 0 Å². The van der Waals surface area contributed by atoms with E-state index in [4.69, 9.17) is 0 Å². The molecule has 120 valence electrons. The van der Waals surface area contributed by atoms with Crippen molar-refractivity contribution in [1.29, 1.82) is 0 Å². The monoisotopic (exact) mass is 339 g/mol. The van der Waals surface area contributed by atoms with Gasteiger partial charge in [-0.1, -0.05) is 49.3 Å². The first-order valence-electron chi connectivity index (χ1n) is 7.83. The molecule has 0 spiro atoms. The molecule has 0 unspecified atom stereocenters. The Bertz CT molecular complexity index is 576. The number of nitrogens with zero attached hydrogens (tertiary/aromatic N) is 6. The van der Waals surface area contributed by atoms with Crippen molar-refractivity contribution in [1.82, 2.24) is 30.4 Å². The molecule has 0 radical (unpaired) electrons. The van der Waals surface area contributed by atoms with Crippen LogP contribution in [-0.2, 0) is 12.3 Å². The number of aryl methyl sites for hydroxylation is 1. The minimum atomic E-state index is 0.566. The van der Waals surface area contributed by atoms with Crippen LogP contribution in [0.15, 0.2) is 4.34 Å². The van der Waals surface area contributed by atoms with E-state index in [0.717, 1.165) is 34.0 Å². The lowest BCUT2D eigenvalue weighted by atomic mass is 9.96. The SMILES string of the molecule is CCCn1nnnc1CSc1nnc(NC2CCCCC2)s1. The summed E-state index contributed by atoms with van der Waals surface area (Å²) in [7, 11) is 0. The number of nitrogens with one attached hydrogen (secondary N) is 1. The van der Waals surface area contributed by atoms with Crippen LogP contribution >= 0.6 is 23.1 Å². The van der Waals surface area contributed by atoms with E-state index in [1.54, 1.807) is 23.1 Å². The third-order valence-corrected chi connectivity index (χ3v) is 5.69. The lowest BCUT2D eigenvalue weighted by Crippen LogP contribution is -2.21. The number of anilines is 1.